The minimum atomic E-state index is -2.97. The van der Waals surface area contributed by atoms with Crippen LogP contribution in [-0.2, 0) is 14.6 Å². The van der Waals surface area contributed by atoms with Gasteiger partial charge in [-0.15, -0.1) is 0 Å². The molecule has 0 aliphatic carbocycles. The average molecular weight is 204 g/mol. The Morgan fingerprint density at radius 3 is 2.54 bits per heavy atom. The van der Waals surface area contributed by atoms with E-state index in [1.807, 2.05) is 0 Å². The lowest BCUT2D eigenvalue weighted by molar-refractivity contribution is -0.104. The highest BCUT2D eigenvalue weighted by molar-refractivity contribution is 7.90. The third-order valence-electron chi connectivity index (χ3n) is 1.19. The maximum Gasteiger partial charge on any atom is 0.153 e. The van der Waals surface area contributed by atoms with Crippen molar-refractivity contribution in [2.24, 2.45) is 0 Å². The smallest absolute Gasteiger partial charge is 0.153 e. The van der Waals surface area contributed by atoms with Gasteiger partial charge in [0.2, 0.25) is 0 Å². The quantitative estimate of drug-likeness (QED) is 0.260. The molecule has 0 aliphatic heterocycles. The Morgan fingerprint density at radius 1 is 1.54 bits per heavy atom. The number of aldehydes is 1. The van der Waals surface area contributed by atoms with E-state index in [1.54, 1.807) is 0 Å². The standard InChI is InChI=1S/C7H12N2O3S/c1-13(11,12)3-2-9-5-7(4-8)6-10/h4-6,8-9H,2-3H2,1H3/b7-5+,8-4?. The van der Waals surface area contributed by atoms with Crippen molar-refractivity contribution in [3.8, 4) is 0 Å². The maximum absolute atomic E-state index is 10.6. The second kappa shape index (κ2) is 5.47. The van der Waals surface area contributed by atoms with Crippen molar-refractivity contribution in [3.05, 3.63) is 11.8 Å². The van der Waals surface area contributed by atoms with Crippen LogP contribution in [0.3, 0.4) is 0 Å². The van der Waals surface area contributed by atoms with Gasteiger partial charge in [-0.2, -0.15) is 0 Å². The van der Waals surface area contributed by atoms with Crippen LogP contribution in [0.4, 0.5) is 0 Å². The lowest BCUT2D eigenvalue weighted by atomic mass is 10.3. The molecule has 0 atom stereocenters. The predicted molar refractivity (Wildman–Crippen MR) is 50.6 cm³/mol. The summed E-state index contributed by atoms with van der Waals surface area (Å²) in [5.74, 6) is 0.00758. The summed E-state index contributed by atoms with van der Waals surface area (Å²) in [6, 6.07) is 0. The summed E-state index contributed by atoms with van der Waals surface area (Å²) in [6.45, 7) is 0.240. The molecule has 6 heteroatoms. The number of carbonyl (C=O) groups excluding carboxylic acids is 1. The lowest BCUT2D eigenvalue weighted by Crippen LogP contribution is -2.18. The second-order valence-corrected chi connectivity index (χ2v) is 4.75. The van der Waals surface area contributed by atoms with Gasteiger partial charge in [0.15, 0.2) is 6.29 Å². The van der Waals surface area contributed by atoms with Gasteiger partial charge in [-0.05, 0) is 0 Å². The Bertz CT molecular complexity index is 296. The van der Waals surface area contributed by atoms with Gasteiger partial charge >= 0.3 is 0 Å². The topological polar surface area (TPSA) is 87.1 Å². The zero-order chi connectivity index (χ0) is 10.3. The summed E-state index contributed by atoms with van der Waals surface area (Å²) < 4.78 is 21.3. The van der Waals surface area contributed by atoms with E-state index in [1.165, 1.54) is 6.20 Å². The van der Waals surface area contributed by atoms with Crippen LogP contribution in [0.2, 0.25) is 0 Å². The molecule has 74 valence electrons. The van der Waals surface area contributed by atoms with E-state index in [-0.39, 0.29) is 17.9 Å². The highest BCUT2D eigenvalue weighted by atomic mass is 32.2. The Morgan fingerprint density at radius 2 is 2.15 bits per heavy atom. The molecule has 0 spiro atoms. The summed E-state index contributed by atoms with van der Waals surface area (Å²) >= 11 is 0. The van der Waals surface area contributed by atoms with Crippen LogP contribution in [0.25, 0.3) is 0 Å². The van der Waals surface area contributed by atoms with E-state index in [0.29, 0.717) is 6.29 Å². The van der Waals surface area contributed by atoms with Gasteiger partial charge in [-0.3, -0.25) is 4.79 Å². The molecule has 13 heavy (non-hydrogen) atoms. The van der Waals surface area contributed by atoms with Crippen LogP contribution in [-0.4, -0.2) is 39.5 Å². The maximum atomic E-state index is 10.6. The fraction of sp³-hybridized carbons (Fsp3) is 0.429. The summed E-state index contributed by atoms with van der Waals surface area (Å²) in [5, 5.41) is 9.36. The van der Waals surface area contributed by atoms with Crippen molar-refractivity contribution in [1.29, 1.82) is 5.41 Å². The third kappa shape index (κ3) is 7.20. The summed E-state index contributed by atoms with van der Waals surface area (Å²) in [6.07, 6.45) is 3.85. The van der Waals surface area contributed by atoms with E-state index in [2.05, 4.69) is 5.32 Å². The Hall–Kier alpha value is -1.17. The van der Waals surface area contributed by atoms with Gasteiger partial charge in [0.05, 0.1) is 5.75 Å². The van der Waals surface area contributed by atoms with Crippen LogP contribution in [0.15, 0.2) is 11.8 Å². The zero-order valence-corrected chi connectivity index (χ0v) is 8.10. The number of sulfone groups is 1. The van der Waals surface area contributed by atoms with Gasteiger partial charge in [-0.25, -0.2) is 8.42 Å². The molecule has 0 rings (SSSR count). The van der Waals surface area contributed by atoms with Gasteiger partial charge in [0, 0.05) is 30.8 Å². The van der Waals surface area contributed by atoms with Gasteiger partial charge in [0.1, 0.15) is 9.84 Å². The zero-order valence-electron chi connectivity index (χ0n) is 7.28. The minimum absolute atomic E-state index is 0.00758. The van der Waals surface area contributed by atoms with E-state index in [9.17, 15) is 13.2 Å². The normalized spacial score (nSPS) is 12.2. The largest absolute Gasteiger partial charge is 0.389 e. The van der Waals surface area contributed by atoms with Crippen molar-refractivity contribution in [2.45, 2.75) is 0 Å². The molecule has 0 radical (unpaired) electrons. The van der Waals surface area contributed by atoms with Gasteiger partial charge in [0.25, 0.3) is 0 Å². The first-order valence-corrected chi connectivity index (χ1v) is 5.62. The molecule has 0 saturated heterocycles. The lowest BCUT2D eigenvalue weighted by Gasteiger charge is -1.98. The fourth-order valence-electron chi connectivity index (χ4n) is 0.544. The third-order valence-corrected chi connectivity index (χ3v) is 2.13. The van der Waals surface area contributed by atoms with E-state index >= 15 is 0 Å². The molecule has 0 fully saturated rings. The van der Waals surface area contributed by atoms with E-state index < -0.39 is 9.84 Å². The highest BCUT2D eigenvalue weighted by Gasteiger charge is 1.99. The van der Waals surface area contributed by atoms with Crippen molar-refractivity contribution >= 4 is 22.3 Å². The van der Waals surface area contributed by atoms with E-state index in [4.69, 9.17) is 5.41 Å². The molecule has 0 saturated carbocycles. The Labute approximate surface area is 77.3 Å². The molecule has 0 aromatic rings. The average Bonchev–Trinajstić information content (AvgIpc) is 2.03. The SMILES string of the molecule is CS(=O)(=O)CCN/C=C(\C=N)C=O. The van der Waals surface area contributed by atoms with Crippen molar-refractivity contribution in [1.82, 2.24) is 5.32 Å². The van der Waals surface area contributed by atoms with Crippen molar-refractivity contribution < 1.29 is 13.2 Å². The van der Waals surface area contributed by atoms with E-state index in [0.717, 1.165) is 12.5 Å². The first-order chi connectivity index (χ1) is 5.99. The second-order valence-electron chi connectivity index (χ2n) is 2.49. The molecule has 2 N–H and O–H groups in total. The minimum Gasteiger partial charge on any atom is -0.389 e. The molecule has 0 aromatic carbocycles. The molecular weight excluding hydrogens is 192 g/mol. The number of hydrogen-bond acceptors (Lipinski definition) is 5. The van der Waals surface area contributed by atoms with Crippen molar-refractivity contribution in [3.63, 3.8) is 0 Å². The number of carbonyl (C=O) groups is 1. The summed E-state index contributed by atoms with van der Waals surface area (Å²) in [7, 11) is -2.97. The molecule has 0 heterocycles. The highest BCUT2D eigenvalue weighted by Crippen LogP contribution is 1.82. The van der Waals surface area contributed by atoms with Crippen LogP contribution < -0.4 is 5.32 Å². The fourth-order valence-corrected chi connectivity index (χ4v) is 1.03. The number of rotatable bonds is 6. The van der Waals surface area contributed by atoms with Crippen LogP contribution >= 0.6 is 0 Å². The molecular formula is C7H12N2O3S. The van der Waals surface area contributed by atoms with Gasteiger partial charge in [-0.1, -0.05) is 0 Å². The Kier molecular flexibility index (Phi) is 4.98. The van der Waals surface area contributed by atoms with Crippen LogP contribution in [0.1, 0.15) is 0 Å². The first kappa shape index (κ1) is 11.8. The molecule has 0 aromatic heterocycles. The molecule has 0 amide bonds. The summed E-state index contributed by atoms with van der Waals surface area (Å²) in [4.78, 5) is 10.1. The number of hydrogen-bond donors (Lipinski definition) is 2. The Balaban J connectivity index is 3.86. The number of nitrogens with one attached hydrogen (secondary N) is 2. The van der Waals surface area contributed by atoms with Crippen molar-refractivity contribution in [2.75, 3.05) is 18.6 Å². The van der Waals surface area contributed by atoms with Crippen LogP contribution in [0, 0.1) is 5.41 Å². The number of allylic oxidation sites excluding steroid dienone is 1. The molecule has 0 bridgehead atoms. The predicted octanol–water partition coefficient (Wildman–Crippen LogP) is -0.647. The first-order valence-electron chi connectivity index (χ1n) is 3.56. The van der Waals surface area contributed by atoms with Crippen LogP contribution in [0.5, 0.6) is 0 Å². The van der Waals surface area contributed by atoms with Gasteiger partial charge < -0.3 is 10.7 Å². The molecule has 5 nitrogen and oxygen atoms in total. The monoisotopic (exact) mass is 204 g/mol. The summed E-state index contributed by atoms with van der Waals surface area (Å²) in [5.41, 5.74) is 0.175. The molecule has 0 aliphatic rings. The molecule has 0 unspecified atom stereocenters.